The molecule has 2 N–H and O–H groups in total. The molecule has 1 unspecified atom stereocenters. The Labute approximate surface area is 100 Å². The van der Waals surface area contributed by atoms with E-state index in [-0.39, 0.29) is 11.8 Å². The lowest BCUT2D eigenvalue weighted by atomic mass is 10.2. The number of carbonyl (C=O) groups is 2. The minimum atomic E-state index is -0.644. The number of rotatable bonds is 5. The van der Waals surface area contributed by atoms with E-state index in [4.69, 9.17) is 4.84 Å². The van der Waals surface area contributed by atoms with Crippen molar-refractivity contribution in [1.82, 2.24) is 10.8 Å². The summed E-state index contributed by atoms with van der Waals surface area (Å²) >= 11 is 0. The lowest BCUT2D eigenvalue weighted by Crippen LogP contribution is -2.44. The van der Waals surface area contributed by atoms with Crippen LogP contribution >= 0.6 is 0 Å². The second-order valence-corrected chi connectivity index (χ2v) is 3.46. The topological polar surface area (TPSA) is 67.4 Å². The average molecular weight is 236 g/mol. The molecule has 1 rings (SSSR count). The molecule has 0 bridgehead atoms. The molecular weight excluding hydrogens is 220 g/mol. The molecule has 5 heteroatoms. The van der Waals surface area contributed by atoms with Crippen LogP contribution in [0.2, 0.25) is 0 Å². The van der Waals surface area contributed by atoms with Gasteiger partial charge in [-0.2, -0.15) is 0 Å². The van der Waals surface area contributed by atoms with E-state index in [0.29, 0.717) is 12.2 Å². The fourth-order valence-electron chi connectivity index (χ4n) is 1.17. The molecule has 17 heavy (non-hydrogen) atoms. The monoisotopic (exact) mass is 236 g/mol. The third-order valence-electron chi connectivity index (χ3n) is 2.09. The van der Waals surface area contributed by atoms with E-state index < -0.39 is 6.04 Å². The minimum absolute atomic E-state index is 0.287. The van der Waals surface area contributed by atoms with E-state index in [1.54, 1.807) is 38.1 Å². The van der Waals surface area contributed by atoms with Crippen LogP contribution in [0.3, 0.4) is 0 Å². The van der Waals surface area contributed by atoms with Crippen LogP contribution < -0.4 is 10.8 Å². The van der Waals surface area contributed by atoms with Gasteiger partial charge in [0.1, 0.15) is 6.04 Å². The zero-order chi connectivity index (χ0) is 12.7. The smallest absolute Gasteiger partial charge is 0.265 e. The van der Waals surface area contributed by atoms with Crippen molar-refractivity contribution in [2.45, 2.75) is 19.9 Å². The highest BCUT2D eigenvalue weighted by molar-refractivity contribution is 5.97. The van der Waals surface area contributed by atoms with E-state index in [0.717, 1.165) is 0 Å². The second kappa shape index (κ2) is 6.65. The Kier molecular flexibility index (Phi) is 5.16. The fourth-order valence-corrected chi connectivity index (χ4v) is 1.17. The summed E-state index contributed by atoms with van der Waals surface area (Å²) in [5, 5.41) is 2.57. The molecule has 0 fully saturated rings. The molecule has 0 aromatic heterocycles. The van der Waals surface area contributed by atoms with Crippen molar-refractivity contribution in [3.8, 4) is 0 Å². The van der Waals surface area contributed by atoms with Crippen LogP contribution in [-0.4, -0.2) is 24.5 Å². The first-order valence-corrected chi connectivity index (χ1v) is 5.42. The van der Waals surface area contributed by atoms with E-state index in [2.05, 4.69) is 10.8 Å². The summed E-state index contributed by atoms with van der Waals surface area (Å²) in [6, 6.07) is 8.07. The van der Waals surface area contributed by atoms with Crippen LogP contribution in [-0.2, 0) is 9.63 Å². The Hall–Kier alpha value is -1.88. The van der Waals surface area contributed by atoms with Crippen LogP contribution in [0.5, 0.6) is 0 Å². The highest BCUT2D eigenvalue weighted by Gasteiger charge is 2.16. The third-order valence-corrected chi connectivity index (χ3v) is 2.09. The van der Waals surface area contributed by atoms with Gasteiger partial charge in [0.05, 0.1) is 6.61 Å². The summed E-state index contributed by atoms with van der Waals surface area (Å²) in [5.41, 5.74) is 2.75. The molecule has 0 radical (unpaired) electrons. The minimum Gasteiger partial charge on any atom is -0.340 e. The van der Waals surface area contributed by atoms with Gasteiger partial charge in [-0.1, -0.05) is 18.2 Å². The number of benzene rings is 1. The van der Waals surface area contributed by atoms with Crippen LogP contribution in [0.1, 0.15) is 24.2 Å². The SMILES string of the molecule is CCONC(=O)C(C)NC(=O)c1ccccc1. The number of amides is 2. The summed E-state index contributed by atoms with van der Waals surface area (Å²) in [6.45, 7) is 3.73. The van der Waals surface area contributed by atoms with Gasteiger partial charge in [0.25, 0.3) is 11.8 Å². The van der Waals surface area contributed by atoms with Gasteiger partial charge in [0.2, 0.25) is 0 Å². The zero-order valence-corrected chi connectivity index (χ0v) is 9.90. The molecule has 92 valence electrons. The van der Waals surface area contributed by atoms with Crippen molar-refractivity contribution in [3.05, 3.63) is 35.9 Å². The van der Waals surface area contributed by atoms with Crippen LogP contribution in [0.4, 0.5) is 0 Å². The van der Waals surface area contributed by atoms with E-state index >= 15 is 0 Å². The predicted octanol–water partition coefficient (Wildman–Crippen LogP) is 0.873. The van der Waals surface area contributed by atoms with Crippen molar-refractivity contribution in [3.63, 3.8) is 0 Å². The van der Waals surface area contributed by atoms with E-state index in [9.17, 15) is 9.59 Å². The third kappa shape index (κ3) is 4.24. The Bertz CT molecular complexity index is 379. The summed E-state index contributed by atoms with van der Waals surface area (Å²) < 4.78 is 0. The average Bonchev–Trinajstić information content (AvgIpc) is 2.36. The molecule has 1 atom stereocenters. The molecule has 0 saturated heterocycles. The Balaban J connectivity index is 2.49. The normalized spacial score (nSPS) is 11.6. The van der Waals surface area contributed by atoms with Crippen molar-refractivity contribution in [2.75, 3.05) is 6.61 Å². The van der Waals surface area contributed by atoms with Gasteiger partial charge in [-0.05, 0) is 26.0 Å². The van der Waals surface area contributed by atoms with Crippen molar-refractivity contribution >= 4 is 11.8 Å². The van der Waals surface area contributed by atoms with Gasteiger partial charge in [-0.25, -0.2) is 5.48 Å². The molecule has 0 aliphatic carbocycles. The van der Waals surface area contributed by atoms with Crippen LogP contribution in [0, 0.1) is 0 Å². The Morgan fingerprint density at radius 3 is 2.53 bits per heavy atom. The number of hydroxylamine groups is 1. The van der Waals surface area contributed by atoms with Gasteiger partial charge in [-0.3, -0.25) is 14.4 Å². The summed E-state index contributed by atoms with van der Waals surface area (Å²) in [6.07, 6.45) is 0. The van der Waals surface area contributed by atoms with E-state index in [1.807, 2.05) is 6.07 Å². The van der Waals surface area contributed by atoms with Crippen molar-refractivity contribution < 1.29 is 14.4 Å². The predicted molar refractivity (Wildman–Crippen MR) is 63.1 cm³/mol. The first-order valence-electron chi connectivity index (χ1n) is 5.42. The number of nitrogens with one attached hydrogen (secondary N) is 2. The maximum atomic E-state index is 11.7. The first kappa shape index (κ1) is 13.2. The maximum Gasteiger partial charge on any atom is 0.265 e. The molecule has 0 aliphatic heterocycles. The Morgan fingerprint density at radius 1 is 1.29 bits per heavy atom. The van der Waals surface area contributed by atoms with Gasteiger partial charge in [0.15, 0.2) is 0 Å². The summed E-state index contributed by atoms with van der Waals surface area (Å²) in [4.78, 5) is 27.9. The molecular formula is C12H16N2O3. The second-order valence-electron chi connectivity index (χ2n) is 3.46. The molecule has 1 aromatic carbocycles. The first-order chi connectivity index (χ1) is 8.15. The zero-order valence-electron chi connectivity index (χ0n) is 9.90. The van der Waals surface area contributed by atoms with Crippen molar-refractivity contribution in [2.24, 2.45) is 0 Å². The van der Waals surface area contributed by atoms with Crippen LogP contribution in [0.25, 0.3) is 0 Å². The highest BCUT2D eigenvalue weighted by Crippen LogP contribution is 1.98. The molecule has 0 saturated carbocycles. The quantitative estimate of drug-likeness (QED) is 0.745. The largest absolute Gasteiger partial charge is 0.340 e. The lowest BCUT2D eigenvalue weighted by molar-refractivity contribution is -0.134. The maximum absolute atomic E-state index is 11.7. The van der Waals surface area contributed by atoms with Gasteiger partial charge in [0, 0.05) is 5.56 Å². The van der Waals surface area contributed by atoms with E-state index in [1.165, 1.54) is 0 Å². The van der Waals surface area contributed by atoms with Gasteiger partial charge >= 0.3 is 0 Å². The number of carbonyl (C=O) groups excluding carboxylic acids is 2. The van der Waals surface area contributed by atoms with Gasteiger partial charge in [-0.15, -0.1) is 0 Å². The molecule has 5 nitrogen and oxygen atoms in total. The Morgan fingerprint density at radius 2 is 1.94 bits per heavy atom. The standard InChI is InChI=1S/C12H16N2O3/c1-3-17-14-11(15)9(2)13-12(16)10-7-5-4-6-8-10/h4-9H,3H2,1-2H3,(H,13,16)(H,14,15). The highest BCUT2D eigenvalue weighted by atomic mass is 16.6. The van der Waals surface area contributed by atoms with Gasteiger partial charge < -0.3 is 5.32 Å². The molecule has 0 heterocycles. The lowest BCUT2D eigenvalue weighted by Gasteiger charge is -2.13. The molecule has 1 aromatic rings. The number of hydrogen-bond donors (Lipinski definition) is 2. The van der Waals surface area contributed by atoms with Crippen LogP contribution in [0.15, 0.2) is 30.3 Å². The fraction of sp³-hybridized carbons (Fsp3) is 0.333. The molecule has 0 spiro atoms. The summed E-state index contributed by atoms with van der Waals surface area (Å²) in [7, 11) is 0. The number of hydrogen-bond acceptors (Lipinski definition) is 3. The molecule has 2 amide bonds. The van der Waals surface area contributed by atoms with Crippen molar-refractivity contribution in [1.29, 1.82) is 0 Å². The summed E-state index contributed by atoms with van der Waals surface area (Å²) in [5.74, 6) is -0.666. The molecule has 0 aliphatic rings.